The van der Waals surface area contributed by atoms with Crippen LogP contribution >= 0.6 is 11.6 Å². The Kier molecular flexibility index (Phi) is 13.0. The standard InChI is InChI=1S/C24H40ClN5O2/c1-2-3-4-5-6-7-8-9-10-11-12-13-14-15-16-17-18-26-21-19-20(27-23(25)29-21)22(31)30-24(32)28-19/h2-18H2,1H3,(H,26,27,29)(H2,28,30,31,32). The lowest BCUT2D eigenvalue weighted by Gasteiger charge is -2.08. The highest BCUT2D eigenvalue weighted by Crippen LogP contribution is 2.17. The molecule has 0 amide bonds. The lowest BCUT2D eigenvalue weighted by molar-refractivity contribution is 0.530. The van der Waals surface area contributed by atoms with Gasteiger partial charge in [0.25, 0.3) is 5.56 Å². The number of aromatic nitrogens is 4. The molecule has 0 saturated heterocycles. The topological polar surface area (TPSA) is 104 Å². The molecule has 0 aromatic carbocycles. The van der Waals surface area contributed by atoms with Crippen molar-refractivity contribution in [3.8, 4) is 0 Å². The summed E-state index contributed by atoms with van der Waals surface area (Å²) < 4.78 is 0. The molecule has 0 fully saturated rings. The minimum atomic E-state index is -0.584. The Morgan fingerprint density at radius 3 is 1.75 bits per heavy atom. The van der Waals surface area contributed by atoms with Crippen molar-refractivity contribution < 1.29 is 0 Å². The molecule has 0 atom stereocenters. The van der Waals surface area contributed by atoms with Crippen LogP contribution in [0.1, 0.15) is 110 Å². The van der Waals surface area contributed by atoms with Gasteiger partial charge in [0, 0.05) is 6.54 Å². The Bertz CT molecular complexity index is 896. The molecule has 180 valence electrons. The molecule has 0 saturated carbocycles. The lowest BCUT2D eigenvalue weighted by Crippen LogP contribution is -2.24. The predicted molar refractivity (Wildman–Crippen MR) is 134 cm³/mol. The number of rotatable bonds is 18. The minimum Gasteiger partial charge on any atom is -0.368 e. The van der Waals surface area contributed by atoms with Gasteiger partial charge in [-0.1, -0.05) is 103 Å². The summed E-state index contributed by atoms with van der Waals surface area (Å²) in [6.07, 6.45) is 21.3. The summed E-state index contributed by atoms with van der Waals surface area (Å²) in [5.74, 6) is 0.393. The zero-order valence-corrected chi connectivity index (χ0v) is 20.4. The van der Waals surface area contributed by atoms with Gasteiger partial charge in [-0.25, -0.2) is 9.78 Å². The van der Waals surface area contributed by atoms with E-state index >= 15 is 0 Å². The lowest BCUT2D eigenvalue weighted by atomic mass is 10.0. The van der Waals surface area contributed by atoms with Gasteiger partial charge < -0.3 is 10.3 Å². The molecule has 0 spiro atoms. The Hall–Kier alpha value is -1.89. The highest BCUT2D eigenvalue weighted by Gasteiger charge is 2.10. The number of halogens is 1. The van der Waals surface area contributed by atoms with Crippen molar-refractivity contribution in [3.63, 3.8) is 0 Å². The Morgan fingerprint density at radius 2 is 1.22 bits per heavy atom. The Balaban J connectivity index is 1.48. The molecule has 0 aliphatic rings. The van der Waals surface area contributed by atoms with Gasteiger partial charge in [0.1, 0.15) is 5.52 Å². The van der Waals surface area contributed by atoms with Crippen LogP contribution in [0.5, 0.6) is 0 Å². The van der Waals surface area contributed by atoms with E-state index in [2.05, 4.69) is 32.2 Å². The molecular weight excluding hydrogens is 426 g/mol. The highest BCUT2D eigenvalue weighted by atomic mass is 35.5. The first kappa shape index (κ1) is 26.4. The smallest absolute Gasteiger partial charge is 0.326 e. The number of anilines is 1. The quantitative estimate of drug-likeness (QED) is 0.176. The third-order valence-electron chi connectivity index (χ3n) is 5.89. The molecular formula is C24H40ClN5O2. The van der Waals surface area contributed by atoms with Crippen LogP contribution in [0.3, 0.4) is 0 Å². The molecule has 0 aliphatic carbocycles. The number of nitrogens with one attached hydrogen (secondary N) is 3. The normalized spacial score (nSPS) is 11.3. The largest absolute Gasteiger partial charge is 0.368 e. The van der Waals surface area contributed by atoms with E-state index in [1.165, 1.54) is 89.9 Å². The van der Waals surface area contributed by atoms with Crippen LogP contribution in [-0.4, -0.2) is 26.5 Å². The summed E-state index contributed by atoms with van der Waals surface area (Å²) >= 11 is 5.91. The molecule has 0 unspecified atom stereocenters. The summed E-state index contributed by atoms with van der Waals surface area (Å²) in [7, 11) is 0. The van der Waals surface area contributed by atoms with Gasteiger partial charge in [-0.05, 0) is 18.0 Å². The maximum atomic E-state index is 11.9. The van der Waals surface area contributed by atoms with Crippen molar-refractivity contribution >= 4 is 28.5 Å². The summed E-state index contributed by atoms with van der Waals surface area (Å²) in [4.78, 5) is 36.2. The van der Waals surface area contributed by atoms with E-state index in [1.54, 1.807) is 0 Å². The van der Waals surface area contributed by atoms with Crippen molar-refractivity contribution in [1.82, 2.24) is 19.9 Å². The molecule has 2 aromatic heterocycles. The fourth-order valence-corrected chi connectivity index (χ4v) is 4.20. The number of aromatic amines is 2. The summed E-state index contributed by atoms with van der Waals surface area (Å²) in [5, 5.41) is 3.15. The number of nitrogens with zero attached hydrogens (tertiary/aromatic N) is 2. The van der Waals surface area contributed by atoms with Crippen LogP contribution in [0.15, 0.2) is 9.59 Å². The maximum absolute atomic E-state index is 11.9. The fraction of sp³-hybridized carbons (Fsp3) is 0.750. The van der Waals surface area contributed by atoms with Gasteiger partial charge in [-0.2, -0.15) is 4.98 Å². The molecule has 7 nitrogen and oxygen atoms in total. The van der Waals surface area contributed by atoms with Gasteiger partial charge in [0.2, 0.25) is 5.28 Å². The summed E-state index contributed by atoms with van der Waals surface area (Å²) in [6, 6.07) is 0. The second-order valence-corrected chi connectivity index (χ2v) is 9.04. The van der Waals surface area contributed by atoms with E-state index < -0.39 is 11.2 Å². The zero-order valence-electron chi connectivity index (χ0n) is 19.6. The van der Waals surface area contributed by atoms with Gasteiger partial charge in [-0.15, -0.1) is 0 Å². The summed E-state index contributed by atoms with van der Waals surface area (Å²) in [6.45, 7) is 2.97. The molecule has 0 radical (unpaired) electrons. The maximum Gasteiger partial charge on any atom is 0.326 e. The first-order valence-electron chi connectivity index (χ1n) is 12.6. The monoisotopic (exact) mass is 465 g/mol. The Morgan fingerprint density at radius 1 is 0.719 bits per heavy atom. The molecule has 8 heteroatoms. The fourth-order valence-electron chi connectivity index (χ4n) is 4.03. The third kappa shape index (κ3) is 10.2. The predicted octanol–water partition coefficient (Wildman–Crippen LogP) is 6.33. The van der Waals surface area contributed by atoms with E-state index in [0.717, 1.165) is 12.8 Å². The van der Waals surface area contributed by atoms with Crippen LogP contribution in [0.4, 0.5) is 5.82 Å². The second-order valence-electron chi connectivity index (χ2n) is 8.70. The number of hydrogen-bond donors (Lipinski definition) is 3. The number of H-pyrrole nitrogens is 2. The minimum absolute atomic E-state index is 0.0236. The number of hydrogen-bond acceptors (Lipinski definition) is 5. The van der Waals surface area contributed by atoms with Crippen LogP contribution in [0.2, 0.25) is 5.28 Å². The van der Waals surface area contributed by atoms with E-state index in [9.17, 15) is 9.59 Å². The van der Waals surface area contributed by atoms with Gasteiger partial charge >= 0.3 is 5.69 Å². The van der Waals surface area contributed by atoms with Crippen molar-refractivity contribution in [2.75, 3.05) is 11.9 Å². The first-order chi connectivity index (χ1) is 15.6. The highest BCUT2D eigenvalue weighted by molar-refractivity contribution is 6.28. The molecule has 32 heavy (non-hydrogen) atoms. The SMILES string of the molecule is CCCCCCCCCCCCCCCCCCNc1nc(Cl)nc2c(=O)[nH]c(=O)[nH]c12. The average Bonchev–Trinajstić information content (AvgIpc) is 2.76. The number of unbranched alkanes of at least 4 members (excludes halogenated alkanes) is 15. The van der Waals surface area contributed by atoms with Crippen molar-refractivity contribution in [3.05, 3.63) is 26.1 Å². The summed E-state index contributed by atoms with van der Waals surface area (Å²) in [5.41, 5.74) is -0.781. The van der Waals surface area contributed by atoms with Gasteiger partial charge in [0.15, 0.2) is 11.3 Å². The van der Waals surface area contributed by atoms with Gasteiger partial charge in [-0.3, -0.25) is 9.78 Å². The van der Waals surface area contributed by atoms with Crippen molar-refractivity contribution in [2.24, 2.45) is 0 Å². The van der Waals surface area contributed by atoms with E-state index in [4.69, 9.17) is 11.6 Å². The van der Waals surface area contributed by atoms with Crippen LogP contribution < -0.4 is 16.6 Å². The van der Waals surface area contributed by atoms with Crippen molar-refractivity contribution in [1.29, 1.82) is 0 Å². The average molecular weight is 466 g/mol. The molecule has 2 heterocycles. The van der Waals surface area contributed by atoms with Crippen LogP contribution in [0.25, 0.3) is 11.0 Å². The molecule has 0 aliphatic heterocycles. The van der Waals surface area contributed by atoms with E-state index in [0.29, 0.717) is 17.9 Å². The van der Waals surface area contributed by atoms with Gasteiger partial charge in [0.05, 0.1) is 0 Å². The Labute approximate surface area is 196 Å². The molecule has 2 rings (SSSR count). The molecule has 0 bridgehead atoms. The van der Waals surface area contributed by atoms with Crippen LogP contribution in [-0.2, 0) is 0 Å². The van der Waals surface area contributed by atoms with E-state index in [1.807, 2.05) is 0 Å². The molecule has 2 aromatic rings. The third-order valence-corrected chi connectivity index (χ3v) is 6.05. The van der Waals surface area contributed by atoms with Crippen molar-refractivity contribution in [2.45, 2.75) is 110 Å². The zero-order chi connectivity index (χ0) is 23.0. The number of fused-ring (bicyclic) bond motifs is 1. The molecule has 3 N–H and O–H groups in total. The second kappa shape index (κ2) is 15.8. The van der Waals surface area contributed by atoms with E-state index in [-0.39, 0.29) is 10.8 Å². The van der Waals surface area contributed by atoms with Crippen LogP contribution in [0, 0.1) is 0 Å². The first-order valence-corrected chi connectivity index (χ1v) is 12.9.